The first-order chi connectivity index (χ1) is 13.1. The Morgan fingerprint density at radius 2 is 1.67 bits per heavy atom. The first-order valence-electron chi connectivity index (χ1n) is 8.17. The second-order valence-electron chi connectivity index (χ2n) is 5.66. The van der Waals surface area contributed by atoms with Crippen molar-refractivity contribution in [3.05, 3.63) is 101 Å². The third kappa shape index (κ3) is 5.22. The van der Waals surface area contributed by atoms with E-state index in [0.717, 1.165) is 11.1 Å². The number of hydrogen-bond acceptors (Lipinski definition) is 3. The van der Waals surface area contributed by atoms with Gasteiger partial charge in [0, 0.05) is 0 Å². The molecular weight excluding hydrogens is 350 g/mol. The van der Waals surface area contributed by atoms with Crippen molar-refractivity contribution in [1.82, 2.24) is 5.43 Å². The number of carbonyl (C=O) groups is 1. The Hall–Kier alpha value is -3.54. The summed E-state index contributed by atoms with van der Waals surface area (Å²) >= 11 is 0. The quantitative estimate of drug-likeness (QED) is 0.522. The average molecular weight is 366 g/mol. The van der Waals surface area contributed by atoms with Gasteiger partial charge in [0.1, 0.15) is 24.0 Å². The number of benzene rings is 3. The van der Waals surface area contributed by atoms with Gasteiger partial charge in [0.25, 0.3) is 5.91 Å². The molecule has 0 aliphatic rings. The number of nitrogens with one attached hydrogen (secondary N) is 1. The van der Waals surface area contributed by atoms with E-state index in [0.29, 0.717) is 12.4 Å². The van der Waals surface area contributed by atoms with E-state index in [1.54, 1.807) is 42.5 Å². The van der Waals surface area contributed by atoms with Gasteiger partial charge in [-0.3, -0.25) is 4.79 Å². The van der Waals surface area contributed by atoms with Crippen molar-refractivity contribution in [3.8, 4) is 5.75 Å². The zero-order valence-electron chi connectivity index (χ0n) is 14.2. The lowest BCUT2D eigenvalue weighted by molar-refractivity contribution is 0.0951. The number of ether oxygens (including phenoxy) is 1. The molecule has 0 bridgehead atoms. The molecule has 0 unspecified atom stereocenters. The van der Waals surface area contributed by atoms with Gasteiger partial charge in [-0.15, -0.1) is 0 Å². The Labute approximate surface area is 155 Å². The SMILES string of the molecule is O=C(N/N=C\c1ccc(OCc2ccc(F)cc2)cc1)c1ccccc1F. The van der Waals surface area contributed by atoms with Crippen molar-refractivity contribution in [1.29, 1.82) is 0 Å². The maximum atomic E-state index is 13.5. The van der Waals surface area contributed by atoms with Crippen LogP contribution in [0, 0.1) is 11.6 Å². The Balaban J connectivity index is 1.52. The highest BCUT2D eigenvalue weighted by Crippen LogP contribution is 2.14. The van der Waals surface area contributed by atoms with E-state index in [9.17, 15) is 13.6 Å². The number of hydrogen-bond donors (Lipinski definition) is 1. The maximum Gasteiger partial charge on any atom is 0.274 e. The van der Waals surface area contributed by atoms with Crippen molar-refractivity contribution in [2.45, 2.75) is 6.61 Å². The standard InChI is InChI=1S/C21H16F2N2O2/c22-17-9-5-16(6-10-17)14-27-18-11-7-15(8-12-18)13-24-25-21(26)19-3-1-2-4-20(19)23/h1-13H,14H2,(H,25,26)/b24-13-. The van der Waals surface area contributed by atoms with Crippen LogP contribution >= 0.6 is 0 Å². The van der Waals surface area contributed by atoms with E-state index in [-0.39, 0.29) is 11.4 Å². The molecule has 0 aromatic heterocycles. The summed E-state index contributed by atoms with van der Waals surface area (Å²) in [7, 11) is 0. The number of halogens is 2. The molecule has 0 fully saturated rings. The van der Waals surface area contributed by atoms with Crippen LogP contribution in [-0.2, 0) is 6.61 Å². The fourth-order valence-corrected chi connectivity index (χ4v) is 2.27. The molecule has 0 saturated carbocycles. The number of hydrazone groups is 1. The van der Waals surface area contributed by atoms with Crippen molar-refractivity contribution in [3.63, 3.8) is 0 Å². The van der Waals surface area contributed by atoms with Crippen molar-refractivity contribution in [2.75, 3.05) is 0 Å². The Morgan fingerprint density at radius 1 is 0.963 bits per heavy atom. The molecular formula is C21H16F2N2O2. The molecule has 0 radical (unpaired) electrons. The predicted molar refractivity (Wildman–Crippen MR) is 98.6 cm³/mol. The van der Waals surface area contributed by atoms with Crippen LogP contribution in [0.3, 0.4) is 0 Å². The molecule has 0 saturated heterocycles. The summed E-state index contributed by atoms with van der Waals surface area (Å²) in [5.41, 5.74) is 3.81. The minimum atomic E-state index is -0.622. The van der Waals surface area contributed by atoms with Gasteiger partial charge in [-0.1, -0.05) is 24.3 Å². The van der Waals surface area contributed by atoms with Gasteiger partial charge in [0.05, 0.1) is 11.8 Å². The molecule has 27 heavy (non-hydrogen) atoms. The molecule has 3 rings (SSSR count). The number of carbonyl (C=O) groups excluding carboxylic acids is 1. The maximum absolute atomic E-state index is 13.5. The fraction of sp³-hybridized carbons (Fsp3) is 0.0476. The Morgan fingerprint density at radius 3 is 2.37 bits per heavy atom. The highest BCUT2D eigenvalue weighted by molar-refractivity contribution is 5.95. The second kappa shape index (κ2) is 8.71. The highest BCUT2D eigenvalue weighted by atomic mass is 19.1. The molecule has 3 aromatic rings. The molecule has 1 N–H and O–H groups in total. The molecule has 1 amide bonds. The summed E-state index contributed by atoms with van der Waals surface area (Å²) < 4.78 is 32.0. The first-order valence-corrected chi connectivity index (χ1v) is 8.17. The van der Waals surface area contributed by atoms with E-state index < -0.39 is 11.7 Å². The molecule has 0 aliphatic heterocycles. The summed E-state index contributed by atoms with van der Waals surface area (Å²) in [4.78, 5) is 11.8. The van der Waals surface area contributed by atoms with E-state index in [1.807, 2.05) is 0 Å². The molecule has 0 atom stereocenters. The highest BCUT2D eigenvalue weighted by Gasteiger charge is 2.09. The molecule has 6 heteroatoms. The fourth-order valence-electron chi connectivity index (χ4n) is 2.27. The van der Waals surface area contributed by atoms with E-state index in [4.69, 9.17) is 4.74 Å². The van der Waals surface area contributed by atoms with Crippen LogP contribution in [-0.4, -0.2) is 12.1 Å². The van der Waals surface area contributed by atoms with Gasteiger partial charge >= 0.3 is 0 Å². The van der Waals surface area contributed by atoms with Gasteiger partial charge in [0.15, 0.2) is 0 Å². The average Bonchev–Trinajstić information content (AvgIpc) is 2.69. The van der Waals surface area contributed by atoms with Gasteiger partial charge < -0.3 is 4.74 Å². The zero-order chi connectivity index (χ0) is 19.1. The minimum absolute atomic E-state index is 0.0702. The molecule has 0 aliphatic carbocycles. The molecule has 4 nitrogen and oxygen atoms in total. The van der Waals surface area contributed by atoms with Crippen molar-refractivity contribution < 1.29 is 18.3 Å². The largest absolute Gasteiger partial charge is 0.489 e. The number of nitrogens with zero attached hydrogens (tertiary/aromatic N) is 1. The van der Waals surface area contributed by atoms with Crippen LogP contribution in [0.4, 0.5) is 8.78 Å². The van der Waals surface area contributed by atoms with Gasteiger partial charge in [-0.25, -0.2) is 14.2 Å². The van der Waals surface area contributed by atoms with Crippen LogP contribution in [0.5, 0.6) is 5.75 Å². The lowest BCUT2D eigenvalue weighted by atomic mass is 10.2. The van der Waals surface area contributed by atoms with Crippen molar-refractivity contribution >= 4 is 12.1 Å². The predicted octanol–water partition coefficient (Wildman–Crippen LogP) is 4.31. The monoisotopic (exact) mass is 366 g/mol. The van der Waals surface area contributed by atoms with Gasteiger partial charge in [0.2, 0.25) is 0 Å². The van der Waals surface area contributed by atoms with E-state index in [2.05, 4.69) is 10.5 Å². The minimum Gasteiger partial charge on any atom is -0.489 e. The third-order valence-electron chi connectivity index (χ3n) is 3.70. The van der Waals surface area contributed by atoms with Crippen molar-refractivity contribution in [2.24, 2.45) is 5.10 Å². The van der Waals surface area contributed by atoms with Crippen LogP contribution in [0.1, 0.15) is 21.5 Å². The lowest BCUT2D eigenvalue weighted by Gasteiger charge is -2.06. The molecule has 0 spiro atoms. The van der Waals surface area contributed by atoms with Crippen LogP contribution < -0.4 is 10.2 Å². The van der Waals surface area contributed by atoms with Gasteiger partial charge in [-0.2, -0.15) is 5.10 Å². The molecule has 136 valence electrons. The van der Waals surface area contributed by atoms with Crippen LogP contribution in [0.15, 0.2) is 77.9 Å². The first kappa shape index (κ1) is 18.3. The van der Waals surface area contributed by atoms with E-state index >= 15 is 0 Å². The lowest BCUT2D eigenvalue weighted by Crippen LogP contribution is -2.18. The normalized spacial score (nSPS) is 10.7. The number of rotatable bonds is 6. The third-order valence-corrected chi connectivity index (χ3v) is 3.70. The van der Waals surface area contributed by atoms with Gasteiger partial charge in [-0.05, 0) is 59.7 Å². The van der Waals surface area contributed by atoms with Crippen LogP contribution in [0.25, 0.3) is 0 Å². The summed E-state index contributed by atoms with van der Waals surface area (Å²) in [5.74, 6) is -0.868. The summed E-state index contributed by atoms with van der Waals surface area (Å²) in [6.45, 7) is 0.326. The molecule has 0 heterocycles. The Bertz CT molecular complexity index is 939. The summed E-state index contributed by atoms with van der Waals surface area (Å²) in [6, 6.07) is 18.8. The smallest absolute Gasteiger partial charge is 0.274 e. The topological polar surface area (TPSA) is 50.7 Å². The zero-order valence-corrected chi connectivity index (χ0v) is 14.2. The molecule has 3 aromatic carbocycles. The Kier molecular flexibility index (Phi) is 5.89. The summed E-state index contributed by atoms with van der Waals surface area (Å²) in [5, 5.41) is 3.82. The number of amides is 1. The van der Waals surface area contributed by atoms with E-state index in [1.165, 1.54) is 36.5 Å². The summed E-state index contributed by atoms with van der Waals surface area (Å²) in [6.07, 6.45) is 1.45. The second-order valence-corrected chi connectivity index (χ2v) is 5.66. The van der Waals surface area contributed by atoms with Crippen LogP contribution in [0.2, 0.25) is 0 Å².